The summed E-state index contributed by atoms with van der Waals surface area (Å²) in [5.41, 5.74) is 9.19. The minimum Gasteiger partial charge on any atom is -0.397 e. The van der Waals surface area contributed by atoms with Crippen molar-refractivity contribution in [1.82, 2.24) is 20.0 Å². The molecule has 5 heteroatoms. The Labute approximate surface area is 97.9 Å². The summed E-state index contributed by atoms with van der Waals surface area (Å²) in [6.07, 6.45) is 1.64. The molecule has 17 heavy (non-hydrogen) atoms. The summed E-state index contributed by atoms with van der Waals surface area (Å²) in [4.78, 5) is 4.27. The molecular formula is C12H11N5. The van der Waals surface area contributed by atoms with Crippen LogP contribution in [0.5, 0.6) is 0 Å². The van der Waals surface area contributed by atoms with Gasteiger partial charge in [-0.3, -0.25) is 0 Å². The Balaban J connectivity index is 2.24. The molecule has 0 fully saturated rings. The zero-order valence-electron chi connectivity index (χ0n) is 9.33. The lowest BCUT2D eigenvalue weighted by Gasteiger charge is -2.04. The predicted octanol–water partition coefficient (Wildman–Crippen LogP) is 1.71. The van der Waals surface area contributed by atoms with Gasteiger partial charge in [-0.2, -0.15) is 4.68 Å². The number of hydrogen-bond acceptors (Lipinski definition) is 4. The third-order valence-electron chi connectivity index (χ3n) is 2.71. The number of nitrogens with two attached hydrogens (primary N) is 1. The maximum Gasteiger partial charge on any atom is 0.156 e. The quantitative estimate of drug-likeness (QED) is 0.684. The van der Waals surface area contributed by atoms with E-state index in [9.17, 15) is 0 Å². The predicted molar refractivity (Wildman–Crippen MR) is 65.8 cm³/mol. The molecule has 0 radical (unpaired) electrons. The summed E-state index contributed by atoms with van der Waals surface area (Å²) in [7, 11) is 0. The third-order valence-corrected chi connectivity index (χ3v) is 2.71. The van der Waals surface area contributed by atoms with Gasteiger partial charge in [-0.25, -0.2) is 4.98 Å². The van der Waals surface area contributed by atoms with Crippen molar-refractivity contribution in [2.45, 2.75) is 6.92 Å². The lowest BCUT2D eigenvalue weighted by Crippen LogP contribution is -2.01. The van der Waals surface area contributed by atoms with Crippen molar-refractivity contribution < 1.29 is 0 Å². The average molecular weight is 225 g/mol. The Morgan fingerprint density at radius 3 is 2.88 bits per heavy atom. The first-order valence-electron chi connectivity index (χ1n) is 5.28. The van der Waals surface area contributed by atoms with Crippen LogP contribution in [-0.4, -0.2) is 20.0 Å². The Bertz CT molecular complexity index is 686. The zero-order valence-corrected chi connectivity index (χ0v) is 9.33. The van der Waals surface area contributed by atoms with Gasteiger partial charge in [-0.15, -0.1) is 5.10 Å². The van der Waals surface area contributed by atoms with Gasteiger partial charge in [0.2, 0.25) is 0 Å². The second-order valence-electron chi connectivity index (χ2n) is 3.89. The molecule has 2 N–H and O–H groups in total. The van der Waals surface area contributed by atoms with Gasteiger partial charge in [-0.1, -0.05) is 17.3 Å². The van der Waals surface area contributed by atoms with Crippen LogP contribution in [0, 0.1) is 6.92 Å². The van der Waals surface area contributed by atoms with Crippen molar-refractivity contribution >= 4 is 16.7 Å². The van der Waals surface area contributed by atoms with Gasteiger partial charge in [0, 0.05) is 0 Å². The number of aryl methyl sites for hydroxylation is 1. The number of hydrogen-bond donors (Lipinski definition) is 1. The van der Waals surface area contributed by atoms with E-state index >= 15 is 0 Å². The van der Waals surface area contributed by atoms with Crippen LogP contribution in [0.25, 0.3) is 16.9 Å². The molecule has 84 valence electrons. The highest BCUT2D eigenvalue weighted by molar-refractivity contribution is 5.75. The molecular weight excluding hydrogens is 214 g/mol. The molecule has 1 aromatic carbocycles. The first-order valence-corrected chi connectivity index (χ1v) is 5.28. The molecule has 3 rings (SSSR count). The van der Waals surface area contributed by atoms with Gasteiger partial charge in [0.05, 0.1) is 17.4 Å². The van der Waals surface area contributed by atoms with Gasteiger partial charge >= 0.3 is 0 Å². The average Bonchev–Trinajstić information content (AvgIpc) is 2.76. The highest BCUT2D eigenvalue weighted by Crippen LogP contribution is 2.17. The van der Waals surface area contributed by atoms with Gasteiger partial charge in [0.25, 0.3) is 0 Å². The highest BCUT2D eigenvalue weighted by Gasteiger charge is 2.07. The number of fused-ring (bicyclic) bond motifs is 1. The molecule has 2 heterocycles. The zero-order chi connectivity index (χ0) is 11.8. The smallest absolute Gasteiger partial charge is 0.156 e. The number of pyridine rings is 1. The van der Waals surface area contributed by atoms with Crippen LogP contribution in [0.15, 0.2) is 36.5 Å². The van der Waals surface area contributed by atoms with E-state index in [0.717, 1.165) is 22.4 Å². The van der Waals surface area contributed by atoms with Crippen LogP contribution < -0.4 is 5.73 Å². The molecule has 0 atom stereocenters. The van der Waals surface area contributed by atoms with Crippen molar-refractivity contribution in [1.29, 1.82) is 0 Å². The molecule has 2 aromatic heterocycles. The molecule has 0 aliphatic rings. The van der Waals surface area contributed by atoms with E-state index in [1.54, 1.807) is 10.9 Å². The Morgan fingerprint density at radius 1 is 1.24 bits per heavy atom. The second-order valence-corrected chi connectivity index (χ2v) is 3.89. The van der Waals surface area contributed by atoms with E-state index in [1.807, 2.05) is 37.3 Å². The Hall–Kier alpha value is -2.43. The normalized spacial score (nSPS) is 10.9. The first-order chi connectivity index (χ1) is 8.25. The fraction of sp³-hybridized carbons (Fsp3) is 0.0833. The molecule has 0 unspecified atom stereocenters. The molecule has 0 saturated heterocycles. The van der Waals surface area contributed by atoms with Crippen molar-refractivity contribution in [3.05, 3.63) is 42.1 Å². The Morgan fingerprint density at radius 2 is 2.06 bits per heavy atom. The van der Waals surface area contributed by atoms with Crippen LogP contribution in [0.1, 0.15) is 5.56 Å². The summed E-state index contributed by atoms with van der Waals surface area (Å²) in [6, 6.07) is 9.66. The molecule has 0 saturated carbocycles. The minimum atomic E-state index is 0.679. The fourth-order valence-corrected chi connectivity index (χ4v) is 1.71. The maximum atomic E-state index is 5.75. The molecule has 3 aromatic rings. The number of benzene rings is 1. The van der Waals surface area contributed by atoms with Gasteiger partial charge < -0.3 is 5.73 Å². The standard InChI is InChI=1S/C12H11N5/c1-8-6-12(14-7-9(8)13)17-11-5-3-2-4-10(11)15-16-17/h2-7H,13H2,1H3. The SMILES string of the molecule is Cc1cc(-n2nnc3ccccc32)ncc1N. The summed E-state index contributed by atoms with van der Waals surface area (Å²) in [5.74, 6) is 0.727. The van der Waals surface area contributed by atoms with E-state index < -0.39 is 0 Å². The summed E-state index contributed by atoms with van der Waals surface area (Å²) in [5, 5.41) is 8.19. The topological polar surface area (TPSA) is 69.6 Å². The summed E-state index contributed by atoms with van der Waals surface area (Å²) in [6.45, 7) is 1.94. The third kappa shape index (κ3) is 1.52. The largest absolute Gasteiger partial charge is 0.397 e. The lowest BCUT2D eigenvalue weighted by molar-refractivity contribution is 0.801. The molecule has 0 spiro atoms. The van der Waals surface area contributed by atoms with Gasteiger partial charge in [0.1, 0.15) is 5.52 Å². The fourth-order valence-electron chi connectivity index (χ4n) is 1.71. The van der Waals surface area contributed by atoms with Crippen LogP contribution in [0.3, 0.4) is 0 Å². The van der Waals surface area contributed by atoms with Gasteiger partial charge in [0.15, 0.2) is 5.82 Å². The second kappa shape index (κ2) is 3.55. The molecule has 5 nitrogen and oxygen atoms in total. The van der Waals surface area contributed by atoms with Crippen LogP contribution in [0.4, 0.5) is 5.69 Å². The van der Waals surface area contributed by atoms with Crippen molar-refractivity contribution in [2.75, 3.05) is 5.73 Å². The monoisotopic (exact) mass is 225 g/mol. The van der Waals surface area contributed by atoms with Crippen LogP contribution in [-0.2, 0) is 0 Å². The summed E-state index contributed by atoms with van der Waals surface area (Å²) >= 11 is 0. The molecule has 0 aliphatic heterocycles. The van der Waals surface area contributed by atoms with E-state index in [0.29, 0.717) is 5.69 Å². The maximum absolute atomic E-state index is 5.75. The van der Waals surface area contributed by atoms with E-state index in [-0.39, 0.29) is 0 Å². The first kappa shape index (κ1) is 9.77. The van der Waals surface area contributed by atoms with E-state index in [2.05, 4.69) is 15.3 Å². The number of aromatic nitrogens is 4. The van der Waals surface area contributed by atoms with Crippen molar-refractivity contribution in [3.63, 3.8) is 0 Å². The number of nitrogens with zero attached hydrogens (tertiary/aromatic N) is 4. The molecule has 0 bridgehead atoms. The van der Waals surface area contributed by atoms with Crippen molar-refractivity contribution in [2.24, 2.45) is 0 Å². The molecule has 0 aliphatic carbocycles. The number of anilines is 1. The van der Waals surface area contributed by atoms with Crippen molar-refractivity contribution in [3.8, 4) is 5.82 Å². The number of para-hydroxylation sites is 1. The van der Waals surface area contributed by atoms with E-state index in [4.69, 9.17) is 5.73 Å². The van der Waals surface area contributed by atoms with Gasteiger partial charge in [-0.05, 0) is 30.7 Å². The highest BCUT2D eigenvalue weighted by atomic mass is 15.4. The minimum absolute atomic E-state index is 0.679. The van der Waals surface area contributed by atoms with Crippen LogP contribution in [0.2, 0.25) is 0 Å². The lowest BCUT2D eigenvalue weighted by atomic mass is 10.2. The Kier molecular flexibility index (Phi) is 2.04. The molecule has 0 amide bonds. The number of nitrogen functional groups attached to an aromatic ring is 1. The van der Waals surface area contributed by atoms with E-state index in [1.165, 1.54) is 0 Å². The summed E-state index contributed by atoms with van der Waals surface area (Å²) < 4.78 is 1.71. The van der Waals surface area contributed by atoms with Crippen LogP contribution >= 0.6 is 0 Å². The number of rotatable bonds is 1.